The van der Waals surface area contributed by atoms with Crippen LogP contribution in [0.2, 0.25) is 0 Å². The third-order valence-electron chi connectivity index (χ3n) is 7.83. The lowest BCUT2D eigenvalue weighted by Gasteiger charge is -2.29. The lowest BCUT2D eigenvalue weighted by molar-refractivity contribution is -0.158. The number of aliphatic hydroxyl groups is 1. The third-order valence-corrected chi connectivity index (χ3v) is 7.83. The number of nitrogens with zero attached hydrogens (tertiary/aromatic N) is 1. The van der Waals surface area contributed by atoms with Crippen LogP contribution in [0.4, 0.5) is 4.79 Å². The zero-order valence-electron chi connectivity index (χ0n) is 26.1. The Hall–Kier alpha value is -4.11. The van der Waals surface area contributed by atoms with Crippen LogP contribution in [0.15, 0.2) is 72.8 Å². The number of aliphatic hydroxyl groups excluding tert-OH is 1. The van der Waals surface area contributed by atoms with E-state index in [0.717, 1.165) is 68.4 Å². The minimum Gasteiger partial charge on any atom is -0.453 e. The van der Waals surface area contributed by atoms with E-state index in [9.17, 15) is 24.0 Å². The molecule has 0 saturated carbocycles. The van der Waals surface area contributed by atoms with Gasteiger partial charge in [0.05, 0.1) is 12.0 Å². The molecule has 9 heteroatoms. The van der Waals surface area contributed by atoms with E-state index < -0.39 is 41.8 Å². The van der Waals surface area contributed by atoms with Crippen LogP contribution in [-0.2, 0) is 41.5 Å². The van der Waals surface area contributed by atoms with Gasteiger partial charge in [0.15, 0.2) is 17.7 Å². The smallest absolute Gasteiger partial charge is 0.416 e. The van der Waals surface area contributed by atoms with Gasteiger partial charge in [-0.05, 0) is 49.0 Å². The van der Waals surface area contributed by atoms with Crippen LogP contribution in [0.3, 0.4) is 0 Å². The molecule has 9 nitrogen and oxygen atoms in total. The van der Waals surface area contributed by atoms with Crippen molar-refractivity contribution in [1.82, 2.24) is 4.90 Å². The van der Waals surface area contributed by atoms with Gasteiger partial charge < -0.3 is 14.6 Å². The second kappa shape index (κ2) is 19.3. The first-order valence-electron chi connectivity index (χ1n) is 15.9. The van der Waals surface area contributed by atoms with Crippen LogP contribution in [0.5, 0.6) is 0 Å². The van der Waals surface area contributed by atoms with Crippen LogP contribution < -0.4 is 0 Å². The molecule has 45 heavy (non-hydrogen) atoms. The number of esters is 1. The van der Waals surface area contributed by atoms with Crippen molar-refractivity contribution < 1.29 is 38.6 Å². The highest BCUT2D eigenvalue weighted by atomic mass is 16.6. The van der Waals surface area contributed by atoms with Gasteiger partial charge >= 0.3 is 12.1 Å². The molecule has 1 aliphatic rings. The number of unbranched alkanes of at least 4 members (excludes halogenated alkanes) is 7. The summed E-state index contributed by atoms with van der Waals surface area (Å²) in [5.74, 6) is -3.62. The monoisotopic (exact) mass is 619 g/mol. The van der Waals surface area contributed by atoms with E-state index in [2.05, 4.69) is 0 Å². The molecule has 2 aromatic carbocycles. The number of hydrogen-bond donors (Lipinski definition) is 1. The fourth-order valence-electron chi connectivity index (χ4n) is 5.48. The fourth-order valence-corrected chi connectivity index (χ4v) is 5.48. The maximum atomic E-state index is 14.1. The van der Waals surface area contributed by atoms with Crippen LogP contribution in [0.25, 0.3) is 0 Å². The highest BCUT2D eigenvalue weighted by Gasteiger charge is 2.45. The van der Waals surface area contributed by atoms with Gasteiger partial charge in [0.1, 0.15) is 6.61 Å². The molecule has 0 unspecified atom stereocenters. The number of carbonyl (C=O) groups excluding carboxylic acids is 5. The summed E-state index contributed by atoms with van der Waals surface area (Å²) in [4.78, 5) is 66.2. The molecule has 0 spiro atoms. The van der Waals surface area contributed by atoms with Gasteiger partial charge in [-0.15, -0.1) is 0 Å². The molecule has 2 amide bonds. The first-order chi connectivity index (χ1) is 21.8. The summed E-state index contributed by atoms with van der Waals surface area (Å²) in [6.45, 7) is 1.38. The van der Waals surface area contributed by atoms with Crippen molar-refractivity contribution in [2.45, 2.75) is 89.7 Å². The predicted octanol–water partition coefficient (Wildman–Crippen LogP) is 5.56. The van der Waals surface area contributed by atoms with Crippen LogP contribution in [0.1, 0.15) is 75.8 Å². The van der Waals surface area contributed by atoms with E-state index in [1.165, 1.54) is 6.08 Å². The second-order valence-electron chi connectivity index (χ2n) is 11.5. The number of ether oxygens (including phenoxy) is 2. The largest absolute Gasteiger partial charge is 0.453 e. The van der Waals surface area contributed by atoms with Crippen LogP contribution >= 0.6 is 0 Å². The van der Waals surface area contributed by atoms with Gasteiger partial charge in [0, 0.05) is 20.0 Å². The molecule has 2 aromatic rings. The first-order valence-corrected chi connectivity index (χ1v) is 15.9. The second-order valence-corrected chi connectivity index (χ2v) is 11.5. The number of benzene rings is 2. The molecule has 0 radical (unpaired) electrons. The quantitative estimate of drug-likeness (QED) is 0.116. The predicted molar refractivity (Wildman–Crippen MR) is 169 cm³/mol. The number of imide groups is 1. The minimum absolute atomic E-state index is 0.00181. The minimum atomic E-state index is -1.55. The van der Waals surface area contributed by atoms with Gasteiger partial charge in [0.25, 0.3) is 0 Å². The molecule has 0 aromatic heterocycles. The normalized spacial score (nSPS) is 15.9. The lowest BCUT2D eigenvalue weighted by Crippen LogP contribution is -2.49. The molecule has 1 aliphatic heterocycles. The molecule has 1 heterocycles. The number of hydrogen-bond acceptors (Lipinski definition) is 8. The lowest BCUT2D eigenvalue weighted by atomic mass is 9.89. The summed E-state index contributed by atoms with van der Waals surface area (Å²) in [5, 5.41) is 8.84. The van der Waals surface area contributed by atoms with Gasteiger partial charge in [0.2, 0.25) is 5.91 Å². The Morgan fingerprint density at radius 2 is 1.44 bits per heavy atom. The van der Waals surface area contributed by atoms with Crippen molar-refractivity contribution in [2.75, 3.05) is 13.2 Å². The summed E-state index contributed by atoms with van der Waals surface area (Å²) in [6.07, 6.45) is 8.28. The Labute approximate surface area is 265 Å². The van der Waals surface area contributed by atoms with Crippen molar-refractivity contribution in [3.05, 3.63) is 83.9 Å². The van der Waals surface area contributed by atoms with Gasteiger partial charge in [-0.3, -0.25) is 19.2 Å². The Kier molecular flexibility index (Phi) is 15.2. The number of ketones is 2. The maximum absolute atomic E-state index is 14.1. The van der Waals surface area contributed by atoms with Crippen molar-refractivity contribution in [3.63, 3.8) is 0 Å². The van der Waals surface area contributed by atoms with E-state index in [-0.39, 0.29) is 31.8 Å². The Bertz CT molecular complexity index is 1280. The summed E-state index contributed by atoms with van der Waals surface area (Å²) in [6, 6.07) is 17.7. The number of allylic oxidation sites excluding steroid dienone is 1. The summed E-state index contributed by atoms with van der Waals surface area (Å²) >= 11 is 0. The number of carbonyl (C=O) groups is 5. The Morgan fingerprint density at radius 1 is 0.867 bits per heavy atom. The van der Waals surface area contributed by atoms with Gasteiger partial charge in [-0.25, -0.2) is 9.69 Å². The van der Waals surface area contributed by atoms with Crippen molar-refractivity contribution in [3.8, 4) is 0 Å². The van der Waals surface area contributed by atoms with E-state index >= 15 is 0 Å². The maximum Gasteiger partial charge on any atom is 0.416 e. The van der Waals surface area contributed by atoms with E-state index in [1.54, 1.807) is 24.3 Å². The molecular weight excluding hydrogens is 574 g/mol. The van der Waals surface area contributed by atoms with Gasteiger partial charge in [-0.2, -0.15) is 0 Å². The summed E-state index contributed by atoms with van der Waals surface area (Å²) in [5.41, 5.74) is 1.62. The molecule has 1 fully saturated rings. The molecule has 1 saturated heterocycles. The number of cyclic esters (lactones) is 1. The first kappa shape index (κ1) is 35.4. The van der Waals surface area contributed by atoms with E-state index in [1.807, 2.05) is 36.4 Å². The fraction of sp³-hybridized carbons (Fsp3) is 0.472. The van der Waals surface area contributed by atoms with Gasteiger partial charge in [-0.1, -0.05) is 99.2 Å². The Morgan fingerprint density at radius 3 is 2.04 bits per heavy atom. The summed E-state index contributed by atoms with van der Waals surface area (Å²) < 4.78 is 10.7. The highest BCUT2D eigenvalue weighted by molar-refractivity contribution is 6.04. The highest BCUT2D eigenvalue weighted by Crippen LogP contribution is 2.26. The number of rotatable bonds is 20. The Balaban J connectivity index is 1.72. The zero-order chi connectivity index (χ0) is 32.4. The SMILES string of the molecule is CC(=O)O[C@H](C(=O)C=CC(=O)CCCCCCCCCCO)[C@@H](Cc1ccccc1)C(=O)N1C(=O)OC[C@@H]1Cc1ccccc1. The molecule has 1 N–H and O–H groups in total. The topological polar surface area (TPSA) is 127 Å². The summed E-state index contributed by atoms with van der Waals surface area (Å²) in [7, 11) is 0. The van der Waals surface area contributed by atoms with Crippen molar-refractivity contribution in [1.29, 1.82) is 0 Å². The average molecular weight is 620 g/mol. The average Bonchev–Trinajstić information content (AvgIpc) is 3.40. The third kappa shape index (κ3) is 12.1. The number of amides is 2. The molecule has 3 atom stereocenters. The van der Waals surface area contributed by atoms with E-state index in [4.69, 9.17) is 14.6 Å². The molecule has 0 aliphatic carbocycles. The van der Waals surface area contributed by atoms with Crippen molar-refractivity contribution in [2.24, 2.45) is 5.92 Å². The van der Waals surface area contributed by atoms with Crippen LogP contribution in [0, 0.1) is 5.92 Å². The molecule has 0 bridgehead atoms. The molecular formula is C36H45NO8. The van der Waals surface area contributed by atoms with Crippen molar-refractivity contribution >= 4 is 29.5 Å². The van der Waals surface area contributed by atoms with E-state index in [0.29, 0.717) is 18.4 Å². The zero-order valence-corrected chi connectivity index (χ0v) is 26.1. The van der Waals surface area contributed by atoms with Crippen LogP contribution in [-0.4, -0.2) is 64.9 Å². The molecule has 242 valence electrons. The molecule has 3 rings (SSSR count). The standard InChI is InChI=1S/C36H45NO8/c1-27(39)45-34(33(41)22-21-31(40)20-14-6-4-2-3-5-7-15-23-38)32(25-29-18-12-9-13-19-29)35(42)37-30(26-44-36(37)43)24-28-16-10-8-11-17-28/h8-13,16-19,21-22,30,32,34,38H,2-7,14-15,20,23-26H2,1H3/t30-,32+,34-/m0/s1.